The molecule has 3 rings (SSSR count). The van der Waals surface area contributed by atoms with E-state index in [0.29, 0.717) is 25.3 Å². The molecule has 150 valence electrons. The van der Waals surface area contributed by atoms with E-state index in [0.717, 1.165) is 12.1 Å². The fraction of sp³-hybridized carbons (Fsp3) is 0.611. The SMILES string of the molecule is O=C(C1CN(Cc2ccc(C(F)(F)F)cc2)CCO1)N1CCC(F)(F)CC1. The van der Waals surface area contributed by atoms with Crippen molar-refractivity contribution in [2.24, 2.45) is 0 Å². The van der Waals surface area contributed by atoms with Gasteiger partial charge in [0.05, 0.1) is 12.2 Å². The van der Waals surface area contributed by atoms with Crippen LogP contribution in [-0.4, -0.2) is 60.5 Å². The Bertz CT molecular complexity index is 653. The molecule has 4 nitrogen and oxygen atoms in total. The van der Waals surface area contributed by atoms with Gasteiger partial charge in [0.1, 0.15) is 6.10 Å². The van der Waals surface area contributed by atoms with Crippen LogP contribution in [0.1, 0.15) is 24.0 Å². The lowest BCUT2D eigenvalue weighted by molar-refractivity contribution is -0.155. The molecule has 1 amide bonds. The summed E-state index contributed by atoms with van der Waals surface area (Å²) in [7, 11) is 0. The second kappa shape index (κ2) is 7.71. The topological polar surface area (TPSA) is 32.8 Å². The molecule has 2 fully saturated rings. The average Bonchev–Trinajstić information content (AvgIpc) is 2.61. The highest BCUT2D eigenvalue weighted by Crippen LogP contribution is 2.30. The lowest BCUT2D eigenvalue weighted by Crippen LogP contribution is -2.53. The Kier molecular flexibility index (Phi) is 5.71. The number of nitrogens with zero attached hydrogens (tertiary/aromatic N) is 2. The van der Waals surface area contributed by atoms with Crippen LogP contribution in [0.15, 0.2) is 24.3 Å². The number of hydrogen-bond donors (Lipinski definition) is 0. The molecule has 0 saturated carbocycles. The van der Waals surface area contributed by atoms with E-state index in [1.54, 1.807) is 0 Å². The molecule has 2 aliphatic rings. The summed E-state index contributed by atoms with van der Waals surface area (Å²) < 4.78 is 69.9. The number of rotatable bonds is 3. The molecule has 0 spiro atoms. The Morgan fingerprint density at radius 2 is 1.74 bits per heavy atom. The highest BCUT2D eigenvalue weighted by Gasteiger charge is 2.38. The molecule has 0 aliphatic carbocycles. The standard InChI is InChI=1S/C18H21F5N2O2/c19-17(20)5-7-25(8-6-17)16(26)15-12-24(9-10-27-15)11-13-1-3-14(4-2-13)18(21,22)23/h1-4,15H,5-12H2. The van der Waals surface area contributed by atoms with E-state index in [4.69, 9.17) is 4.74 Å². The van der Waals surface area contributed by atoms with Crippen molar-refractivity contribution in [2.45, 2.75) is 37.6 Å². The van der Waals surface area contributed by atoms with Gasteiger partial charge in [0.25, 0.3) is 11.8 Å². The number of hydrogen-bond acceptors (Lipinski definition) is 3. The third-order valence-electron chi connectivity index (χ3n) is 4.92. The molecule has 2 saturated heterocycles. The van der Waals surface area contributed by atoms with Crippen molar-refractivity contribution in [3.05, 3.63) is 35.4 Å². The monoisotopic (exact) mass is 392 g/mol. The van der Waals surface area contributed by atoms with Gasteiger partial charge in [-0.15, -0.1) is 0 Å². The van der Waals surface area contributed by atoms with Crippen LogP contribution in [0.3, 0.4) is 0 Å². The molecular formula is C18H21F5N2O2. The lowest BCUT2D eigenvalue weighted by Gasteiger charge is -2.37. The Labute approximate surface area is 153 Å². The second-order valence-electron chi connectivity index (χ2n) is 6.97. The number of alkyl halides is 5. The number of piperidine rings is 1. The van der Waals surface area contributed by atoms with Crippen molar-refractivity contribution < 1.29 is 31.5 Å². The van der Waals surface area contributed by atoms with Crippen LogP contribution < -0.4 is 0 Å². The number of likely N-dealkylation sites (tertiary alicyclic amines) is 1. The van der Waals surface area contributed by atoms with Crippen LogP contribution >= 0.6 is 0 Å². The second-order valence-corrected chi connectivity index (χ2v) is 6.97. The quantitative estimate of drug-likeness (QED) is 0.741. The third kappa shape index (κ3) is 5.16. The van der Waals surface area contributed by atoms with Gasteiger partial charge in [0, 0.05) is 45.6 Å². The van der Waals surface area contributed by atoms with Gasteiger partial charge in [-0.3, -0.25) is 9.69 Å². The highest BCUT2D eigenvalue weighted by molar-refractivity contribution is 5.81. The predicted octanol–water partition coefficient (Wildman–Crippen LogP) is 3.16. The maximum absolute atomic E-state index is 13.2. The number of ether oxygens (including phenoxy) is 1. The molecule has 2 aliphatic heterocycles. The number of carbonyl (C=O) groups is 1. The molecule has 2 heterocycles. The van der Waals surface area contributed by atoms with Gasteiger partial charge < -0.3 is 9.64 Å². The largest absolute Gasteiger partial charge is 0.416 e. The summed E-state index contributed by atoms with van der Waals surface area (Å²) in [4.78, 5) is 15.9. The molecule has 0 aromatic heterocycles. The fourth-order valence-corrected chi connectivity index (χ4v) is 3.31. The summed E-state index contributed by atoms with van der Waals surface area (Å²) >= 11 is 0. The van der Waals surface area contributed by atoms with Gasteiger partial charge in [-0.2, -0.15) is 13.2 Å². The van der Waals surface area contributed by atoms with E-state index in [1.807, 2.05) is 4.90 Å². The van der Waals surface area contributed by atoms with Crippen LogP contribution in [0.25, 0.3) is 0 Å². The van der Waals surface area contributed by atoms with Gasteiger partial charge in [0.2, 0.25) is 0 Å². The van der Waals surface area contributed by atoms with Crippen molar-refractivity contribution in [1.29, 1.82) is 0 Å². The zero-order chi connectivity index (χ0) is 19.7. The molecule has 0 N–H and O–H groups in total. The van der Waals surface area contributed by atoms with Crippen molar-refractivity contribution in [3.8, 4) is 0 Å². The molecule has 9 heteroatoms. The van der Waals surface area contributed by atoms with Gasteiger partial charge >= 0.3 is 6.18 Å². The van der Waals surface area contributed by atoms with Crippen molar-refractivity contribution in [1.82, 2.24) is 9.80 Å². The smallest absolute Gasteiger partial charge is 0.366 e. The summed E-state index contributed by atoms with van der Waals surface area (Å²) in [6.07, 6.45) is -5.80. The van der Waals surface area contributed by atoms with Crippen LogP contribution in [-0.2, 0) is 22.3 Å². The van der Waals surface area contributed by atoms with E-state index >= 15 is 0 Å². The van der Waals surface area contributed by atoms with Crippen LogP contribution in [0.5, 0.6) is 0 Å². The molecule has 1 aromatic carbocycles. The Hall–Kier alpha value is -1.74. The van der Waals surface area contributed by atoms with Crippen LogP contribution in [0, 0.1) is 0 Å². The average molecular weight is 392 g/mol. The van der Waals surface area contributed by atoms with Gasteiger partial charge in [-0.1, -0.05) is 12.1 Å². The Balaban J connectivity index is 1.55. The zero-order valence-electron chi connectivity index (χ0n) is 14.6. The Morgan fingerprint density at radius 3 is 2.33 bits per heavy atom. The normalized spacial score (nSPS) is 24.0. The zero-order valence-corrected chi connectivity index (χ0v) is 14.6. The lowest BCUT2D eigenvalue weighted by atomic mass is 10.1. The van der Waals surface area contributed by atoms with Gasteiger partial charge in [0.15, 0.2) is 0 Å². The molecule has 0 bridgehead atoms. The third-order valence-corrected chi connectivity index (χ3v) is 4.92. The summed E-state index contributed by atoms with van der Waals surface area (Å²) in [6, 6.07) is 4.91. The number of amides is 1. The summed E-state index contributed by atoms with van der Waals surface area (Å²) in [6.45, 7) is 1.54. The van der Waals surface area contributed by atoms with Crippen molar-refractivity contribution in [3.63, 3.8) is 0 Å². The molecule has 1 atom stereocenters. The van der Waals surface area contributed by atoms with E-state index in [9.17, 15) is 26.7 Å². The fourth-order valence-electron chi connectivity index (χ4n) is 3.31. The van der Waals surface area contributed by atoms with Crippen LogP contribution in [0.2, 0.25) is 0 Å². The first kappa shape index (κ1) is 20.0. The minimum Gasteiger partial charge on any atom is -0.366 e. The van der Waals surface area contributed by atoms with Crippen molar-refractivity contribution in [2.75, 3.05) is 32.8 Å². The maximum atomic E-state index is 13.2. The van der Waals surface area contributed by atoms with E-state index < -0.39 is 23.8 Å². The summed E-state index contributed by atoms with van der Waals surface area (Å²) in [5.41, 5.74) is -0.00287. The summed E-state index contributed by atoms with van der Waals surface area (Å²) in [5, 5.41) is 0. The first-order chi connectivity index (χ1) is 12.6. The van der Waals surface area contributed by atoms with Crippen LogP contribution in [0.4, 0.5) is 22.0 Å². The number of halogens is 5. The first-order valence-electron chi connectivity index (χ1n) is 8.81. The molecule has 0 radical (unpaired) electrons. The summed E-state index contributed by atoms with van der Waals surface area (Å²) in [5.74, 6) is -3.03. The van der Waals surface area contributed by atoms with E-state index in [-0.39, 0.29) is 38.4 Å². The Morgan fingerprint density at radius 1 is 1.11 bits per heavy atom. The predicted molar refractivity (Wildman–Crippen MR) is 87.2 cm³/mol. The van der Waals surface area contributed by atoms with Gasteiger partial charge in [-0.25, -0.2) is 8.78 Å². The van der Waals surface area contributed by atoms with E-state index in [1.165, 1.54) is 17.0 Å². The number of morpholine rings is 1. The maximum Gasteiger partial charge on any atom is 0.416 e. The molecule has 27 heavy (non-hydrogen) atoms. The first-order valence-corrected chi connectivity index (χ1v) is 8.81. The molecular weight excluding hydrogens is 371 g/mol. The highest BCUT2D eigenvalue weighted by atomic mass is 19.4. The van der Waals surface area contributed by atoms with Crippen molar-refractivity contribution >= 4 is 5.91 Å². The number of carbonyl (C=O) groups excluding carboxylic acids is 1. The molecule has 1 aromatic rings. The molecule has 1 unspecified atom stereocenters. The number of benzene rings is 1. The minimum absolute atomic E-state index is 0.00456. The van der Waals surface area contributed by atoms with E-state index in [2.05, 4.69) is 0 Å². The minimum atomic E-state index is -4.37. The van der Waals surface area contributed by atoms with Gasteiger partial charge in [-0.05, 0) is 17.7 Å².